The molecule has 1 spiro atoms. The number of amides is 2. The van der Waals surface area contributed by atoms with Crippen molar-refractivity contribution in [1.82, 2.24) is 10.2 Å². The molecular weight excluding hydrogens is 432 g/mol. The molecule has 1 unspecified atom stereocenters. The zero-order chi connectivity index (χ0) is 23.7. The van der Waals surface area contributed by atoms with Crippen LogP contribution in [0.15, 0.2) is 48.5 Å². The topological polar surface area (TPSA) is 95.9 Å². The molecule has 1 aliphatic heterocycles. The van der Waals surface area contributed by atoms with Gasteiger partial charge >= 0.3 is 12.1 Å². The van der Waals surface area contributed by atoms with Gasteiger partial charge in [0.05, 0.1) is 12.5 Å². The van der Waals surface area contributed by atoms with Gasteiger partial charge < -0.3 is 20.1 Å². The highest BCUT2D eigenvalue weighted by Crippen LogP contribution is 2.51. The predicted molar refractivity (Wildman–Crippen MR) is 125 cm³/mol. The second-order valence-corrected chi connectivity index (χ2v) is 9.27. The van der Waals surface area contributed by atoms with Crippen molar-refractivity contribution in [3.63, 3.8) is 0 Å². The van der Waals surface area contributed by atoms with Crippen LogP contribution in [0, 0.1) is 23.2 Å². The summed E-state index contributed by atoms with van der Waals surface area (Å²) in [5.41, 5.74) is 4.30. The lowest BCUT2D eigenvalue weighted by atomic mass is 9.63. The number of likely N-dealkylation sites (tertiary alicyclic amines) is 1. The summed E-state index contributed by atoms with van der Waals surface area (Å²) in [7, 11) is 0. The second-order valence-electron chi connectivity index (χ2n) is 9.27. The number of hydrogen-bond acceptors (Lipinski definition) is 4. The number of carbonyl (C=O) groups excluding carboxylic acids is 2. The van der Waals surface area contributed by atoms with E-state index in [9.17, 15) is 19.5 Å². The molecule has 2 amide bonds. The molecule has 2 N–H and O–H groups in total. The van der Waals surface area contributed by atoms with Crippen LogP contribution in [0.25, 0.3) is 11.1 Å². The predicted octanol–water partition coefficient (Wildman–Crippen LogP) is 3.24. The van der Waals surface area contributed by atoms with Crippen LogP contribution < -0.4 is 5.32 Å². The molecule has 2 aromatic carbocycles. The highest BCUT2D eigenvalue weighted by Gasteiger charge is 2.54. The average molecular weight is 459 g/mol. The van der Waals surface area contributed by atoms with Gasteiger partial charge in [0.15, 0.2) is 0 Å². The van der Waals surface area contributed by atoms with E-state index < -0.39 is 23.9 Å². The largest absolute Gasteiger partial charge is 0.481 e. The van der Waals surface area contributed by atoms with Crippen molar-refractivity contribution in [1.29, 1.82) is 0 Å². The molecule has 34 heavy (non-hydrogen) atoms. The van der Waals surface area contributed by atoms with E-state index in [1.807, 2.05) is 24.3 Å². The Morgan fingerprint density at radius 3 is 2.26 bits per heavy atom. The number of hydrogen-bond donors (Lipinski definition) is 2. The van der Waals surface area contributed by atoms with Crippen LogP contribution >= 0.6 is 0 Å². The number of alkyl carbamates (subject to hydrolysis) is 1. The number of benzene rings is 2. The van der Waals surface area contributed by atoms with Crippen molar-refractivity contribution in [3.8, 4) is 23.0 Å². The fourth-order valence-electron chi connectivity index (χ4n) is 5.57. The number of nitrogens with zero attached hydrogens (tertiary/aromatic N) is 1. The first-order valence-electron chi connectivity index (χ1n) is 11.6. The highest BCUT2D eigenvalue weighted by atomic mass is 16.5. The Kier molecular flexibility index (Phi) is 5.74. The molecule has 1 atom stereocenters. The second kappa shape index (κ2) is 8.86. The number of carboxylic acids is 1. The number of rotatable bonds is 4. The Labute approximate surface area is 198 Å². The van der Waals surface area contributed by atoms with Gasteiger partial charge in [-0.3, -0.25) is 9.59 Å². The maximum Gasteiger partial charge on any atom is 0.407 e. The van der Waals surface area contributed by atoms with E-state index in [1.165, 1.54) is 4.90 Å². The Bertz CT molecular complexity index is 1160. The summed E-state index contributed by atoms with van der Waals surface area (Å²) in [4.78, 5) is 37.7. The van der Waals surface area contributed by atoms with Gasteiger partial charge in [-0.2, -0.15) is 0 Å². The third kappa shape index (κ3) is 3.90. The monoisotopic (exact) mass is 458 g/mol. The molecule has 5 rings (SSSR count). The Morgan fingerprint density at radius 1 is 1.06 bits per heavy atom. The average Bonchev–Trinajstić information content (AvgIpc) is 3.38. The molecule has 3 aliphatic rings. The van der Waals surface area contributed by atoms with Gasteiger partial charge in [0.2, 0.25) is 0 Å². The number of aliphatic carboxylic acids is 1. The molecule has 1 saturated heterocycles. The number of ether oxygens (including phenoxy) is 1. The first-order chi connectivity index (χ1) is 16.5. The summed E-state index contributed by atoms with van der Waals surface area (Å²) in [6.07, 6.45) is 2.08. The third-order valence-corrected chi connectivity index (χ3v) is 7.44. The van der Waals surface area contributed by atoms with Crippen LogP contribution in [-0.4, -0.2) is 54.2 Å². The van der Waals surface area contributed by atoms with Crippen LogP contribution in [0.2, 0.25) is 0 Å². The number of carbonyl (C=O) groups is 3. The van der Waals surface area contributed by atoms with Gasteiger partial charge in [-0.1, -0.05) is 60.9 Å². The highest BCUT2D eigenvalue weighted by molar-refractivity contribution is 5.94. The summed E-state index contributed by atoms with van der Waals surface area (Å²) in [5.74, 6) is 3.39. The first-order valence-corrected chi connectivity index (χ1v) is 11.6. The molecule has 1 heterocycles. The smallest absolute Gasteiger partial charge is 0.407 e. The molecule has 174 valence electrons. The Balaban J connectivity index is 1.12. The van der Waals surface area contributed by atoms with E-state index in [2.05, 4.69) is 41.4 Å². The van der Waals surface area contributed by atoms with Crippen LogP contribution in [-0.2, 0) is 14.3 Å². The summed E-state index contributed by atoms with van der Waals surface area (Å²) >= 11 is 0. The van der Waals surface area contributed by atoms with Crippen molar-refractivity contribution in [2.75, 3.05) is 26.2 Å². The van der Waals surface area contributed by atoms with E-state index in [-0.39, 0.29) is 31.0 Å². The van der Waals surface area contributed by atoms with Gasteiger partial charge in [-0.05, 0) is 41.0 Å². The summed E-state index contributed by atoms with van der Waals surface area (Å²) in [5, 5.41) is 12.1. The number of nitrogens with one attached hydrogen (secondary N) is 1. The van der Waals surface area contributed by atoms with Gasteiger partial charge in [0.1, 0.15) is 6.61 Å². The molecule has 2 aromatic rings. The van der Waals surface area contributed by atoms with E-state index >= 15 is 0 Å². The van der Waals surface area contributed by atoms with Crippen LogP contribution in [0.3, 0.4) is 0 Å². The van der Waals surface area contributed by atoms with Crippen LogP contribution in [0.1, 0.15) is 36.3 Å². The molecule has 2 fully saturated rings. The van der Waals surface area contributed by atoms with E-state index in [4.69, 9.17) is 4.74 Å². The lowest BCUT2D eigenvalue weighted by Gasteiger charge is -2.40. The van der Waals surface area contributed by atoms with Crippen molar-refractivity contribution in [2.45, 2.75) is 25.2 Å². The van der Waals surface area contributed by atoms with Crippen molar-refractivity contribution >= 4 is 18.0 Å². The Hall–Kier alpha value is -3.79. The number of fused-ring (bicyclic) bond motifs is 3. The summed E-state index contributed by atoms with van der Waals surface area (Å²) in [6, 6.07) is 16.2. The molecule has 2 aliphatic carbocycles. The fraction of sp³-hybridized carbons (Fsp3) is 0.370. The maximum absolute atomic E-state index is 12.4. The van der Waals surface area contributed by atoms with E-state index in [0.29, 0.717) is 6.54 Å². The number of carboxylic acid groups (broad SMARTS) is 1. The van der Waals surface area contributed by atoms with Gasteiger partial charge in [0.25, 0.3) is 5.91 Å². The van der Waals surface area contributed by atoms with Crippen LogP contribution in [0.5, 0.6) is 0 Å². The SMILES string of the molecule is O=C(NCC#CC(=O)N1CC(C(=O)O)C2(CCC2)C1)OCC1c2ccccc2-c2ccccc21. The molecule has 7 nitrogen and oxygen atoms in total. The van der Waals surface area contributed by atoms with E-state index in [1.54, 1.807) is 0 Å². The standard InChI is InChI=1S/C27H26N2O5/c30-24(29-15-23(25(31)32)27(17-29)12-6-13-27)11-5-14-28-26(33)34-16-22-20-9-3-1-7-18(20)19-8-2-4-10-21(19)22/h1-4,7-10,22-23H,6,12-17H2,(H,28,33)(H,31,32). The molecule has 1 saturated carbocycles. The van der Waals surface area contributed by atoms with E-state index in [0.717, 1.165) is 41.5 Å². The minimum absolute atomic E-state index is 0.0241. The maximum atomic E-state index is 12.4. The van der Waals surface area contributed by atoms with Crippen molar-refractivity contribution in [2.24, 2.45) is 11.3 Å². The normalized spacial score (nSPS) is 19.4. The lowest BCUT2D eigenvalue weighted by molar-refractivity contribution is -0.146. The first kappa shape index (κ1) is 22.0. The van der Waals surface area contributed by atoms with Crippen molar-refractivity contribution in [3.05, 3.63) is 59.7 Å². The lowest BCUT2D eigenvalue weighted by Crippen LogP contribution is -2.41. The third-order valence-electron chi connectivity index (χ3n) is 7.44. The molecule has 7 heteroatoms. The zero-order valence-electron chi connectivity index (χ0n) is 18.8. The molecular formula is C27H26N2O5. The summed E-state index contributed by atoms with van der Waals surface area (Å²) in [6.45, 7) is 0.822. The van der Waals surface area contributed by atoms with Gasteiger partial charge in [-0.15, -0.1) is 0 Å². The van der Waals surface area contributed by atoms with Crippen LogP contribution in [0.4, 0.5) is 4.79 Å². The quantitative estimate of drug-likeness (QED) is 0.686. The fourth-order valence-corrected chi connectivity index (χ4v) is 5.57. The van der Waals surface area contributed by atoms with Gasteiger partial charge in [0, 0.05) is 24.4 Å². The molecule has 0 bridgehead atoms. The minimum Gasteiger partial charge on any atom is -0.481 e. The molecule has 0 aromatic heterocycles. The molecule has 0 radical (unpaired) electrons. The summed E-state index contributed by atoms with van der Waals surface area (Å²) < 4.78 is 5.46. The minimum atomic E-state index is -0.847. The Morgan fingerprint density at radius 2 is 1.71 bits per heavy atom. The zero-order valence-corrected chi connectivity index (χ0v) is 18.8. The van der Waals surface area contributed by atoms with Crippen molar-refractivity contribution < 1.29 is 24.2 Å². The van der Waals surface area contributed by atoms with Gasteiger partial charge in [-0.25, -0.2) is 4.79 Å².